The van der Waals surface area contributed by atoms with Crippen molar-refractivity contribution in [1.29, 1.82) is 0 Å². The fourth-order valence-corrected chi connectivity index (χ4v) is 3.69. The minimum Gasteiger partial charge on any atom is -0.493 e. The fraction of sp³-hybridized carbons (Fsp3) is 0.250. The monoisotopic (exact) mass is 463 g/mol. The third-order valence-electron chi connectivity index (χ3n) is 3.93. The number of hydrogen-bond donors (Lipinski definition) is 3. The van der Waals surface area contributed by atoms with Crippen molar-refractivity contribution in [3.63, 3.8) is 0 Å². The molecule has 2 heterocycles. The third-order valence-corrected chi connectivity index (χ3v) is 5.49. The Morgan fingerprint density at radius 2 is 1.97 bits per heavy atom. The number of thiophene rings is 1. The largest absolute Gasteiger partial charge is 0.493 e. The lowest BCUT2D eigenvalue weighted by Crippen LogP contribution is -2.17. The maximum atomic E-state index is 12.7. The molecule has 0 aliphatic heterocycles. The van der Waals surface area contributed by atoms with Crippen LogP contribution >= 0.6 is 18.9 Å². The molecule has 0 atom stereocenters. The number of nitrogens with one attached hydrogen (secondary N) is 1. The van der Waals surface area contributed by atoms with Gasteiger partial charge in [-0.25, -0.2) is 9.97 Å². The molecular formula is C20H22N3O6PS. The van der Waals surface area contributed by atoms with E-state index < -0.39 is 18.9 Å². The lowest BCUT2D eigenvalue weighted by molar-refractivity contribution is 0.102. The SMILES string of the molecule is CC(C)Oc1cc(OCCc2ccsc2)cc(C(=O)Nc2cnc(P(=O)(O)O)cn2)c1. The zero-order chi connectivity index (χ0) is 22.4. The predicted octanol–water partition coefficient (Wildman–Crippen LogP) is 3.00. The molecule has 1 amide bonds. The first-order chi connectivity index (χ1) is 14.7. The molecule has 3 aromatic rings. The normalized spacial score (nSPS) is 11.4. The number of nitrogens with zero attached hydrogens (tertiary/aromatic N) is 2. The Labute approximate surface area is 183 Å². The quantitative estimate of drug-likeness (QED) is 0.413. The summed E-state index contributed by atoms with van der Waals surface area (Å²) >= 11 is 1.62. The van der Waals surface area contributed by atoms with Gasteiger partial charge in [-0.3, -0.25) is 9.36 Å². The number of carbonyl (C=O) groups excluding carboxylic acids is 1. The highest BCUT2D eigenvalue weighted by atomic mass is 32.1. The number of benzene rings is 1. The molecule has 0 aliphatic rings. The molecule has 3 N–H and O–H groups in total. The number of amides is 1. The average molecular weight is 463 g/mol. The first kappa shape index (κ1) is 22.9. The van der Waals surface area contributed by atoms with Crippen molar-refractivity contribution >= 4 is 36.1 Å². The molecule has 9 nitrogen and oxygen atoms in total. The third kappa shape index (κ3) is 6.86. The van der Waals surface area contributed by atoms with Gasteiger partial charge in [0.1, 0.15) is 11.5 Å². The number of hydrogen-bond acceptors (Lipinski definition) is 7. The van der Waals surface area contributed by atoms with Crippen molar-refractivity contribution in [2.75, 3.05) is 11.9 Å². The Hall–Kier alpha value is -2.78. The van der Waals surface area contributed by atoms with Gasteiger partial charge in [-0.2, -0.15) is 11.3 Å². The first-order valence-electron chi connectivity index (χ1n) is 9.36. The summed E-state index contributed by atoms with van der Waals surface area (Å²) in [6.45, 7) is 4.20. The van der Waals surface area contributed by atoms with Crippen LogP contribution in [-0.2, 0) is 11.0 Å². The number of rotatable bonds is 9. The molecule has 1 aromatic carbocycles. The van der Waals surface area contributed by atoms with E-state index >= 15 is 0 Å². The molecule has 3 rings (SSSR count). The zero-order valence-corrected chi connectivity index (χ0v) is 18.6. The van der Waals surface area contributed by atoms with Crippen LogP contribution in [0.2, 0.25) is 0 Å². The molecule has 0 saturated heterocycles. The summed E-state index contributed by atoms with van der Waals surface area (Å²) in [4.78, 5) is 38.4. The first-order valence-corrected chi connectivity index (χ1v) is 11.9. The summed E-state index contributed by atoms with van der Waals surface area (Å²) in [5.74, 6) is 0.532. The second-order valence-corrected chi connectivity index (χ2v) is 9.17. The van der Waals surface area contributed by atoms with E-state index in [4.69, 9.17) is 19.3 Å². The van der Waals surface area contributed by atoms with Crippen LogP contribution in [0.5, 0.6) is 11.5 Å². The van der Waals surface area contributed by atoms with Gasteiger partial charge in [0.25, 0.3) is 5.91 Å². The van der Waals surface area contributed by atoms with Crippen LogP contribution in [0, 0.1) is 0 Å². The smallest absolute Gasteiger partial charge is 0.376 e. The van der Waals surface area contributed by atoms with Crippen LogP contribution < -0.4 is 20.2 Å². The van der Waals surface area contributed by atoms with Gasteiger partial charge in [0, 0.05) is 18.1 Å². The van der Waals surface area contributed by atoms with Crippen molar-refractivity contribution in [1.82, 2.24) is 9.97 Å². The topological polar surface area (TPSA) is 131 Å². The average Bonchev–Trinajstić information content (AvgIpc) is 3.20. The van der Waals surface area contributed by atoms with E-state index in [1.165, 1.54) is 5.56 Å². The summed E-state index contributed by atoms with van der Waals surface area (Å²) in [6, 6.07) is 6.93. The minimum absolute atomic E-state index is 0.0531. The van der Waals surface area contributed by atoms with E-state index in [2.05, 4.69) is 20.7 Å². The Bertz CT molecular complexity index is 1070. The summed E-state index contributed by atoms with van der Waals surface area (Å²) in [6.07, 6.45) is 2.65. The number of carbonyl (C=O) groups is 1. The number of anilines is 1. The highest BCUT2D eigenvalue weighted by Gasteiger charge is 2.20. The van der Waals surface area contributed by atoms with E-state index in [0.29, 0.717) is 18.1 Å². The van der Waals surface area contributed by atoms with Gasteiger partial charge in [0.05, 0.1) is 25.1 Å². The summed E-state index contributed by atoms with van der Waals surface area (Å²) in [5.41, 5.74) is 0.985. The van der Waals surface area contributed by atoms with Crippen LogP contribution in [0.3, 0.4) is 0 Å². The molecule has 0 unspecified atom stereocenters. The molecule has 0 spiro atoms. The Balaban J connectivity index is 1.74. The molecule has 0 bridgehead atoms. The van der Waals surface area contributed by atoms with E-state index in [-0.39, 0.29) is 17.5 Å². The van der Waals surface area contributed by atoms with Crippen molar-refractivity contribution in [3.8, 4) is 11.5 Å². The highest BCUT2D eigenvalue weighted by molar-refractivity contribution is 7.59. The van der Waals surface area contributed by atoms with Crippen LogP contribution in [-0.4, -0.2) is 38.4 Å². The Morgan fingerprint density at radius 1 is 1.19 bits per heavy atom. The van der Waals surface area contributed by atoms with Gasteiger partial charge in [-0.05, 0) is 48.4 Å². The van der Waals surface area contributed by atoms with Crippen molar-refractivity contribution < 1.29 is 28.6 Å². The van der Waals surface area contributed by atoms with E-state index in [1.54, 1.807) is 29.5 Å². The predicted molar refractivity (Wildman–Crippen MR) is 117 cm³/mol. The molecule has 0 saturated carbocycles. The maximum Gasteiger partial charge on any atom is 0.376 e. The maximum absolute atomic E-state index is 12.7. The Morgan fingerprint density at radius 3 is 2.58 bits per heavy atom. The van der Waals surface area contributed by atoms with Crippen molar-refractivity contribution in [2.24, 2.45) is 0 Å². The Kier molecular flexibility index (Phi) is 7.40. The van der Waals surface area contributed by atoms with E-state index in [1.807, 2.05) is 25.3 Å². The number of aromatic nitrogens is 2. The summed E-state index contributed by atoms with van der Waals surface area (Å²) in [7, 11) is -4.50. The van der Waals surface area contributed by atoms with Crippen LogP contribution in [0.15, 0.2) is 47.4 Å². The lowest BCUT2D eigenvalue weighted by Gasteiger charge is -2.14. The van der Waals surface area contributed by atoms with E-state index in [0.717, 1.165) is 18.8 Å². The van der Waals surface area contributed by atoms with Crippen LogP contribution in [0.1, 0.15) is 29.8 Å². The van der Waals surface area contributed by atoms with E-state index in [9.17, 15) is 9.36 Å². The summed E-state index contributed by atoms with van der Waals surface area (Å²) in [5, 5.41) is 6.61. The molecule has 2 aromatic heterocycles. The van der Waals surface area contributed by atoms with Crippen LogP contribution in [0.4, 0.5) is 5.82 Å². The van der Waals surface area contributed by atoms with Crippen molar-refractivity contribution in [3.05, 3.63) is 58.5 Å². The fourth-order valence-electron chi connectivity index (χ4n) is 2.57. The standard InChI is InChI=1S/C20H22N3O6PS/c1-13(2)29-17-8-15(7-16(9-17)28-5-3-14-4-6-31-12-14)20(24)23-18-10-22-19(11-21-18)30(25,26)27/h4,6-13H,3,5H2,1-2H3,(H,21,23,24)(H2,25,26,27). The molecule has 0 fully saturated rings. The second kappa shape index (κ2) is 10.0. The number of ether oxygens (including phenoxy) is 2. The molecule has 0 aliphatic carbocycles. The molecular weight excluding hydrogens is 441 g/mol. The van der Waals surface area contributed by atoms with Crippen LogP contribution in [0.25, 0.3) is 0 Å². The molecule has 0 radical (unpaired) electrons. The van der Waals surface area contributed by atoms with Gasteiger partial charge < -0.3 is 24.6 Å². The molecule has 164 valence electrons. The molecule has 11 heteroatoms. The highest BCUT2D eigenvalue weighted by Crippen LogP contribution is 2.31. The minimum atomic E-state index is -4.50. The zero-order valence-electron chi connectivity index (χ0n) is 16.9. The van der Waals surface area contributed by atoms with Gasteiger partial charge in [0.2, 0.25) is 0 Å². The van der Waals surface area contributed by atoms with Gasteiger partial charge in [-0.15, -0.1) is 0 Å². The second-order valence-electron chi connectivity index (χ2n) is 6.85. The van der Waals surface area contributed by atoms with Gasteiger partial charge >= 0.3 is 7.60 Å². The lowest BCUT2D eigenvalue weighted by atomic mass is 10.2. The van der Waals surface area contributed by atoms with Gasteiger partial charge in [-0.1, -0.05) is 0 Å². The van der Waals surface area contributed by atoms with Gasteiger partial charge in [0.15, 0.2) is 11.3 Å². The summed E-state index contributed by atoms with van der Waals surface area (Å²) < 4.78 is 22.7. The van der Waals surface area contributed by atoms with Crippen molar-refractivity contribution in [2.45, 2.75) is 26.4 Å². The molecule has 31 heavy (non-hydrogen) atoms.